The number of carbonyl (C=O) groups excluding carboxylic acids is 2. The van der Waals surface area contributed by atoms with E-state index in [0.29, 0.717) is 5.82 Å². The fourth-order valence-electron chi connectivity index (χ4n) is 1.86. The van der Waals surface area contributed by atoms with Gasteiger partial charge in [0.1, 0.15) is 11.9 Å². The van der Waals surface area contributed by atoms with E-state index in [9.17, 15) is 9.59 Å². The van der Waals surface area contributed by atoms with Gasteiger partial charge in [0.25, 0.3) is 5.91 Å². The van der Waals surface area contributed by atoms with Gasteiger partial charge in [0.2, 0.25) is 0 Å². The number of urea groups is 1. The monoisotopic (exact) mass is 236 g/mol. The number of rotatable bonds is 2. The molecule has 2 rings (SSSR count). The zero-order valence-electron chi connectivity index (χ0n) is 10.4. The summed E-state index contributed by atoms with van der Waals surface area (Å²) in [5.74, 6) is 0.325. The van der Waals surface area contributed by atoms with Crippen LogP contribution in [0, 0.1) is 0 Å². The van der Waals surface area contributed by atoms with Crippen LogP contribution in [0.4, 0.5) is 10.6 Å². The van der Waals surface area contributed by atoms with E-state index in [1.807, 2.05) is 13.8 Å². The number of nitrogens with zero attached hydrogens (tertiary/aromatic N) is 4. The van der Waals surface area contributed by atoms with Crippen LogP contribution in [0.15, 0.2) is 12.3 Å². The van der Waals surface area contributed by atoms with Gasteiger partial charge < -0.3 is 4.90 Å². The summed E-state index contributed by atoms with van der Waals surface area (Å²) in [5, 5.41) is 4.13. The summed E-state index contributed by atoms with van der Waals surface area (Å²) in [6, 6.07) is 1.06. The molecule has 0 aliphatic carbocycles. The Bertz CT molecular complexity index is 446. The molecule has 1 saturated heterocycles. The summed E-state index contributed by atoms with van der Waals surface area (Å²) in [7, 11) is 1.63. The highest BCUT2D eigenvalue weighted by Gasteiger charge is 2.42. The van der Waals surface area contributed by atoms with Crippen molar-refractivity contribution in [1.82, 2.24) is 14.7 Å². The molecule has 1 aromatic rings. The number of likely N-dealkylation sites (N-methyl/N-ethyl adjacent to an activating group) is 1. The topological polar surface area (TPSA) is 58.4 Å². The highest BCUT2D eigenvalue weighted by molar-refractivity contribution is 6.20. The Labute approximate surface area is 99.8 Å². The van der Waals surface area contributed by atoms with Crippen LogP contribution >= 0.6 is 0 Å². The van der Waals surface area contributed by atoms with Crippen LogP contribution in [0.3, 0.4) is 0 Å². The predicted molar refractivity (Wildman–Crippen MR) is 62.7 cm³/mol. The van der Waals surface area contributed by atoms with E-state index in [-0.39, 0.29) is 18.0 Å². The fraction of sp³-hybridized carbons (Fsp3) is 0.545. The number of anilines is 1. The number of imide groups is 1. The molecule has 1 aliphatic heterocycles. The Morgan fingerprint density at radius 2 is 2.00 bits per heavy atom. The van der Waals surface area contributed by atoms with Crippen LogP contribution in [-0.2, 0) is 4.79 Å². The minimum absolute atomic E-state index is 0.0989. The van der Waals surface area contributed by atoms with Gasteiger partial charge >= 0.3 is 6.03 Å². The first-order valence-corrected chi connectivity index (χ1v) is 5.59. The average Bonchev–Trinajstić information content (AvgIpc) is 2.81. The highest BCUT2D eigenvalue weighted by Crippen LogP contribution is 2.25. The van der Waals surface area contributed by atoms with Gasteiger partial charge in [-0.25, -0.2) is 14.4 Å². The molecular weight excluding hydrogens is 220 g/mol. The van der Waals surface area contributed by atoms with E-state index in [2.05, 4.69) is 5.10 Å². The van der Waals surface area contributed by atoms with Crippen LogP contribution in [0.5, 0.6) is 0 Å². The van der Waals surface area contributed by atoms with Gasteiger partial charge in [0.15, 0.2) is 0 Å². The van der Waals surface area contributed by atoms with Gasteiger partial charge in [-0.1, -0.05) is 0 Å². The van der Waals surface area contributed by atoms with Crippen molar-refractivity contribution in [2.24, 2.45) is 0 Å². The van der Waals surface area contributed by atoms with E-state index in [1.165, 1.54) is 9.80 Å². The van der Waals surface area contributed by atoms with Crippen molar-refractivity contribution < 1.29 is 9.59 Å². The Hall–Kier alpha value is -1.85. The molecule has 92 valence electrons. The lowest BCUT2D eigenvalue weighted by Gasteiger charge is -2.17. The maximum Gasteiger partial charge on any atom is 0.333 e. The average molecular weight is 236 g/mol. The van der Waals surface area contributed by atoms with Crippen molar-refractivity contribution in [1.29, 1.82) is 0 Å². The number of hydrogen-bond donors (Lipinski definition) is 0. The molecule has 6 nitrogen and oxygen atoms in total. The lowest BCUT2D eigenvalue weighted by atomic mass is 10.3. The molecule has 3 amide bonds. The Kier molecular flexibility index (Phi) is 2.65. The first-order valence-electron chi connectivity index (χ1n) is 5.59. The summed E-state index contributed by atoms with van der Waals surface area (Å²) in [6.07, 6.45) is 1.60. The van der Waals surface area contributed by atoms with Gasteiger partial charge in [0.05, 0.1) is 6.20 Å². The third kappa shape index (κ3) is 1.60. The number of amides is 3. The molecule has 6 heteroatoms. The third-order valence-electron chi connectivity index (χ3n) is 3.02. The van der Waals surface area contributed by atoms with Crippen LogP contribution in [0.2, 0.25) is 0 Å². The van der Waals surface area contributed by atoms with E-state index in [4.69, 9.17) is 0 Å². The maximum absolute atomic E-state index is 12.0. The summed E-state index contributed by atoms with van der Waals surface area (Å²) >= 11 is 0. The van der Waals surface area contributed by atoms with Crippen LogP contribution in [0.25, 0.3) is 0 Å². The second-order valence-electron chi connectivity index (χ2n) is 4.47. The van der Waals surface area contributed by atoms with Crippen LogP contribution < -0.4 is 4.90 Å². The molecule has 0 saturated carbocycles. The molecule has 0 radical (unpaired) electrons. The molecular formula is C11H16N4O2. The van der Waals surface area contributed by atoms with Crippen molar-refractivity contribution >= 4 is 17.8 Å². The SMILES string of the molecule is CC(C)n1nccc1N1C(=O)[C@H](C)N(C)C1=O. The molecule has 0 aromatic carbocycles. The molecule has 0 spiro atoms. The highest BCUT2D eigenvalue weighted by atomic mass is 16.2. The summed E-state index contributed by atoms with van der Waals surface area (Å²) < 4.78 is 1.67. The third-order valence-corrected chi connectivity index (χ3v) is 3.02. The molecule has 17 heavy (non-hydrogen) atoms. The van der Waals surface area contributed by atoms with Crippen LogP contribution in [0.1, 0.15) is 26.8 Å². The second-order valence-corrected chi connectivity index (χ2v) is 4.47. The Balaban J connectivity index is 2.44. The van der Waals surface area contributed by atoms with E-state index < -0.39 is 6.04 Å². The molecule has 2 heterocycles. The molecule has 1 aliphatic rings. The van der Waals surface area contributed by atoms with Crippen LogP contribution in [-0.4, -0.2) is 39.7 Å². The van der Waals surface area contributed by atoms with Crippen molar-refractivity contribution in [2.75, 3.05) is 11.9 Å². The lowest BCUT2D eigenvalue weighted by molar-refractivity contribution is -0.119. The van der Waals surface area contributed by atoms with E-state index in [0.717, 1.165) is 0 Å². The smallest absolute Gasteiger partial charge is 0.315 e. The summed E-state index contributed by atoms with van der Waals surface area (Å²) in [4.78, 5) is 26.6. The van der Waals surface area contributed by atoms with Crippen molar-refractivity contribution in [3.63, 3.8) is 0 Å². The molecule has 1 fully saturated rings. The Morgan fingerprint density at radius 1 is 1.35 bits per heavy atom. The predicted octanol–water partition coefficient (Wildman–Crippen LogP) is 1.25. The lowest BCUT2D eigenvalue weighted by Crippen LogP contribution is -2.33. The molecule has 0 bridgehead atoms. The summed E-state index contributed by atoms with van der Waals surface area (Å²) in [6.45, 7) is 5.62. The van der Waals surface area contributed by atoms with Crippen molar-refractivity contribution in [3.05, 3.63) is 12.3 Å². The standard InChI is InChI=1S/C11H16N4O2/c1-7(2)15-9(5-6-12-15)14-10(16)8(3)13(4)11(14)17/h5-8H,1-4H3/t8-/m0/s1. The van der Waals surface area contributed by atoms with E-state index >= 15 is 0 Å². The van der Waals surface area contributed by atoms with Crippen molar-refractivity contribution in [2.45, 2.75) is 32.9 Å². The van der Waals surface area contributed by atoms with Gasteiger partial charge in [-0.2, -0.15) is 5.10 Å². The number of aromatic nitrogens is 2. The minimum Gasteiger partial charge on any atom is -0.315 e. The first-order chi connectivity index (χ1) is 7.95. The second kappa shape index (κ2) is 3.87. The molecule has 1 aromatic heterocycles. The van der Waals surface area contributed by atoms with E-state index in [1.54, 1.807) is 30.9 Å². The molecule has 1 atom stereocenters. The number of carbonyl (C=O) groups is 2. The van der Waals surface area contributed by atoms with Gasteiger partial charge in [-0.05, 0) is 20.8 Å². The first kappa shape index (κ1) is 11.6. The summed E-state index contributed by atoms with van der Waals surface area (Å²) in [5.41, 5.74) is 0. The fourth-order valence-corrected chi connectivity index (χ4v) is 1.86. The molecule has 0 N–H and O–H groups in total. The zero-order valence-corrected chi connectivity index (χ0v) is 10.4. The van der Waals surface area contributed by atoms with Gasteiger partial charge in [0, 0.05) is 19.2 Å². The Morgan fingerprint density at radius 3 is 2.47 bits per heavy atom. The van der Waals surface area contributed by atoms with Gasteiger partial charge in [-0.3, -0.25) is 4.79 Å². The van der Waals surface area contributed by atoms with Crippen molar-refractivity contribution in [3.8, 4) is 0 Å². The normalized spacial score (nSPS) is 20.9. The zero-order chi connectivity index (χ0) is 12.7. The largest absolute Gasteiger partial charge is 0.333 e. The minimum atomic E-state index is -0.419. The maximum atomic E-state index is 12.0. The van der Waals surface area contributed by atoms with Gasteiger partial charge in [-0.15, -0.1) is 0 Å². The quantitative estimate of drug-likeness (QED) is 0.726. The molecule has 0 unspecified atom stereocenters. The number of hydrogen-bond acceptors (Lipinski definition) is 3.